The lowest BCUT2D eigenvalue weighted by molar-refractivity contribution is -0.119. The van der Waals surface area contributed by atoms with E-state index >= 15 is 0 Å². The Balaban J connectivity index is 0.00000192. The van der Waals surface area contributed by atoms with Gasteiger partial charge in [0, 0.05) is 39.1 Å². The second-order valence-electron chi connectivity index (χ2n) is 6.41. The Bertz CT molecular complexity index is 534. The van der Waals surface area contributed by atoms with E-state index in [4.69, 9.17) is 4.74 Å². The predicted octanol–water partition coefficient (Wildman–Crippen LogP) is 1.91. The second-order valence-corrected chi connectivity index (χ2v) is 6.41. The molecule has 1 aromatic rings. The molecule has 1 amide bonds. The maximum absolute atomic E-state index is 12.8. The fourth-order valence-corrected chi connectivity index (χ4v) is 3.36. The number of benzene rings is 1. The van der Waals surface area contributed by atoms with Crippen LogP contribution in [0.2, 0.25) is 0 Å². The number of nitrogens with zero attached hydrogens (tertiary/aromatic N) is 2. The fourth-order valence-electron chi connectivity index (χ4n) is 3.36. The van der Waals surface area contributed by atoms with Crippen molar-refractivity contribution in [1.29, 1.82) is 0 Å². The van der Waals surface area contributed by atoms with Crippen molar-refractivity contribution in [2.45, 2.75) is 19.4 Å². The summed E-state index contributed by atoms with van der Waals surface area (Å²) in [7, 11) is 2.10. The molecule has 0 radical (unpaired) electrons. The molecule has 0 bridgehead atoms. The van der Waals surface area contributed by atoms with Crippen molar-refractivity contribution in [3.63, 3.8) is 0 Å². The quantitative estimate of drug-likeness (QED) is 0.894. The Hall–Kier alpha value is -1.30. The van der Waals surface area contributed by atoms with Gasteiger partial charge in [0.1, 0.15) is 0 Å². The van der Waals surface area contributed by atoms with Crippen LogP contribution in [0.1, 0.15) is 13.3 Å². The molecule has 0 saturated carbocycles. The first-order valence-electron chi connectivity index (χ1n) is 8.07. The molecule has 1 aromatic carbocycles. The number of fused-ring (bicyclic) bond motifs is 1. The SMILES string of the molecule is CC1CN(C)c2ccccc2N(C(=O)CC2COCCN2)C1.Cl. The Labute approximate surface area is 144 Å². The highest BCUT2D eigenvalue weighted by Gasteiger charge is 2.28. The van der Waals surface area contributed by atoms with Crippen molar-refractivity contribution < 1.29 is 9.53 Å². The lowest BCUT2D eigenvalue weighted by Crippen LogP contribution is -2.45. The number of amides is 1. The van der Waals surface area contributed by atoms with Gasteiger partial charge in [-0.2, -0.15) is 0 Å². The first-order valence-corrected chi connectivity index (χ1v) is 8.07. The molecule has 2 unspecified atom stereocenters. The molecule has 1 N–H and O–H groups in total. The van der Waals surface area contributed by atoms with Crippen LogP contribution in [-0.4, -0.2) is 51.8 Å². The van der Waals surface area contributed by atoms with E-state index in [1.165, 1.54) is 0 Å². The van der Waals surface area contributed by atoms with Crippen LogP contribution in [0.25, 0.3) is 0 Å². The van der Waals surface area contributed by atoms with Crippen molar-refractivity contribution in [3.05, 3.63) is 24.3 Å². The molecule has 1 saturated heterocycles. The van der Waals surface area contributed by atoms with E-state index in [-0.39, 0.29) is 24.4 Å². The molecule has 5 nitrogen and oxygen atoms in total. The number of halogens is 1. The van der Waals surface area contributed by atoms with E-state index in [0.29, 0.717) is 18.9 Å². The zero-order valence-corrected chi connectivity index (χ0v) is 14.6. The predicted molar refractivity (Wildman–Crippen MR) is 95.7 cm³/mol. The summed E-state index contributed by atoms with van der Waals surface area (Å²) in [6.45, 7) is 6.12. The number of carbonyl (C=O) groups excluding carboxylic acids is 1. The number of para-hydroxylation sites is 2. The smallest absolute Gasteiger partial charge is 0.228 e. The molecule has 2 atom stereocenters. The number of nitrogens with one attached hydrogen (secondary N) is 1. The van der Waals surface area contributed by atoms with Gasteiger partial charge >= 0.3 is 0 Å². The van der Waals surface area contributed by atoms with Crippen LogP contribution in [0.5, 0.6) is 0 Å². The van der Waals surface area contributed by atoms with E-state index in [1.54, 1.807) is 0 Å². The summed E-state index contributed by atoms with van der Waals surface area (Å²) >= 11 is 0. The number of morpholine rings is 1. The molecule has 0 aromatic heterocycles. The molecule has 128 valence electrons. The van der Waals surface area contributed by atoms with Crippen LogP contribution >= 0.6 is 12.4 Å². The van der Waals surface area contributed by atoms with Gasteiger partial charge in [0.2, 0.25) is 5.91 Å². The molecule has 23 heavy (non-hydrogen) atoms. The third-order valence-electron chi connectivity index (χ3n) is 4.38. The van der Waals surface area contributed by atoms with E-state index in [1.807, 2.05) is 23.1 Å². The molecule has 3 rings (SSSR count). The summed E-state index contributed by atoms with van der Waals surface area (Å²) in [5.74, 6) is 0.620. The summed E-state index contributed by atoms with van der Waals surface area (Å²) in [5.41, 5.74) is 2.16. The van der Waals surface area contributed by atoms with Crippen molar-refractivity contribution in [2.75, 3.05) is 49.7 Å². The minimum atomic E-state index is 0. The zero-order valence-electron chi connectivity index (χ0n) is 13.8. The lowest BCUT2D eigenvalue weighted by Gasteiger charge is -2.28. The summed E-state index contributed by atoms with van der Waals surface area (Å²) < 4.78 is 5.46. The highest BCUT2D eigenvalue weighted by atomic mass is 35.5. The number of rotatable bonds is 2. The highest BCUT2D eigenvalue weighted by molar-refractivity contribution is 5.97. The molecular weight excluding hydrogens is 314 g/mol. The van der Waals surface area contributed by atoms with Gasteiger partial charge in [-0.15, -0.1) is 12.4 Å². The third kappa shape index (κ3) is 4.16. The molecule has 1 fully saturated rings. The Morgan fingerprint density at radius 2 is 2.04 bits per heavy atom. The average Bonchev–Trinajstić information content (AvgIpc) is 2.65. The summed E-state index contributed by atoms with van der Waals surface area (Å²) in [6.07, 6.45) is 0.491. The minimum Gasteiger partial charge on any atom is -0.378 e. The third-order valence-corrected chi connectivity index (χ3v) is 4.38. The Morgan fingerprint density at radius 3 is 2.74 bits per heavy atom. The van der Waals surface area contributed by atoms with E-state index in [0.717, 1.165) is 37.6 Å². The van der Waals surface area contributed by atoms with Crippen LogP contribution < -0.4 is 15.1 Å². The summed E-state index contributed by atoms with van der Waals surface area (Å²) in [6, 6.07) is 8.31. The summed E-state index contributed by atoms with van der Waals surface area (Å²) in [5, 5.41) is 3.37. The topological polar surface area (TPSA) is 44.8 Å². The number of ether oxygens (including phenoxy) is 1. The second kappa shape index (κ2) is 7.99. The number of carbonyl (C=O) groups is 1. The van der Waals surface area contributed by atoms with Gasteiger partial charge < -0.3 is 19.9 Å². The highest BCUT2D eigenvalue weighted by Crippen LogP contribution is 2.33. The molecular formula is C17H26ClN3O2. The average molecular weight is 340 g/mol. The molecule has 6 heteroatoms. The fraction of sp³-hybridized carbons (Fsp3) is 0.588. The maximum atomic E-state index is 12.8. The Kier molecular flexibility index (Phi) is 6.27. The van der Waals surface area contributed by atoms with E-state index < -0.39 is 0 Å². The Morgan fingerprint density at radius 1 is 1.30 bits per heavy atom. The van der Waals surface area contributed by atoms with Gasteiger partial charge in [0.25, 0.3) is 0 Å². The van der Waals surface area contributed by atoms with Crippen molar-refractivity contribution >= 4 is 29.7 Å². The monoisotopic (exact) mass is 339 g/mol. The van der Waals surface area contributed by atoms with Crippen LogP contribution in [0.3, 0.4) is 0 Å². The molecule has 2 aliphatic rings. The van der Waals surface area contributed by atoms with Crippen LogP contribution in [0.4, 0.5) is 11.4 Å². The summed E-state index contributed by atoms with van der Waals surface area (Å²) in [4.78, 5) is 17.0. The lowest BCUT2D eigenvalue weighted by atomic mass is 10.1. The standard InChI is InChI=1S/C17H25N3O2.ClH/c1-13-10-19(2)15-5-3-4-6-16(15)20(11-13)17(21)9-14-12-22-8-7-18-14;/h3-6,13-14,18H,7-12H2,1-2H3;1H. The van der Waals surface area contributed by atoms with Crippen molar-refractivity contribution in [2.24, 2.45) is 5.92 Å². The van der Waals surface area contributed by atoms with Gasteiger partial charge in [-0.05, 0) is 18.1 Å². The van der Waals surface area contributed by atoms with E-state index in [2.05, 4.69) is 30.3 Å². The van der Waals surface area contributed by atoms with Gasteiger partial charge in [0.15, 0.2) is 0 Å². The maximum Gasteiger partial charge on any atom is 0.228 e. The first-order chi connectivity index (χ1) is 10.6. The van der Waals surface area contributed by atoms with Crippen LogP contribution in [0, 0.1) is 5.92 Å². The number of hydrogen-bond acceptors (Lipinski definition) is 4. The number of anilines is 2. The van der Waals surface area contributed by atoms with Crippen LogP contribution in [0.15, 0.2) is 24.3 Å². The molecule has 0 aliphatic carbocycles. The van der Waals surface area contributed by atoms with E-state index in [9.17, 15) is 4.79 Å². The number of hydrogen-bond donors (Lipinski definition) is 1. The minimum absolute atomic E-state index is 0. The van der Waals surface area contributed by atoms with Gasteiger partial charge in [-0.25, -0.2) is 0 Å². The van der Waals surface area contributed by atoms with Crippen LogP contribution in [-0.2, 0) is 9.53 Å². The van der Waals surface area contributed by atoms with Gasteiger partial charge in [0.05, 0.1) is 24.6 Å². The van der Waals surface area contributed by atoms with Gasteiger partial charge in [-0.3, -0.25) is 4.79 Å². The molecule has 2 aliphatic heterocycles. The zero-order chi connectivity index (χ0) is 15.5. The van der Waals surface area contributed by atoms with Crippen molar-refractivity contribution in [3.8, 4) is 0 Å². The van der Waals surface area contributed by atoms with Crippen molar-refractivity contribution in [1.82, 2.24) is 5.32 Å². The molecule has 2 heterocycles. The largest absolute Gasteiger partial charge is 0.378 e. The van der Waals surface area contributed by atoms with Gasteiger partial charge in [-0.1, -0.05) is 19.1 Å². The molecule has 0 spiro atoms. The normalized spacial score (nSPS) is 24.4. The first kappa shape index (κ1) is 18.0.